The van der Waals surface area contributed by atoms with Gasteiger partial charge in [-0.3, -0.25) is 3.97 Å². The Morgan fingerprint density at radius 3 is 2.97 bits per heavy atom. The number of pyridine rings is 1. The molecule has 2 aliphatic rings. The Morgan fingerprint density at radius 1 is 1.35 bits per heavy atom. The molecule has 0 bridgehead atoms. The third-order valence-electron chi connectivity index (χ3n) is 5.21. The molecule has 1 atom stereocenters. The summed E-state index contributed by atoms with van der Waals surface area (Å²) in [6, 6.07) is 1.59. The molecule has 2 fully saturated rings. The van der Waals surface area contributed by atoms with Crippen molar-refractivity contribution in [3.63, 3.8) is 0 Å². The van der Waals surface area contributed by atoms with Gasteiger partial charge in [0.15, 0.2) is 23.1 Å². The van der Waals surface area contributed by atoms with Crippen molar-refractivity contribution in [1.82, 2.24) is 23.8 Å². The van der Waals surface area contributed by atoms with Crippen molar-refractivity contribution in [2.75, 3.05) is 31.6 Å². The number of carbonyl (C=O) groups excluding carboxylic acids is 1. The first-order valence-electron chi connectivity index (χ1n) is 9.66. The average Bonchev–Trinajstić information content (AvgIpc) is 3.33. The van der Waals surface area contributed by atoms with E-state index in [2.05, 4.69) is 33.1 Å². The van der Waals surface area contributed by atoms with Gasteiger partial charge in [-0.05, 0) is 6.07 Å². The lowest BCUT2D eigenvalue weighted by Crippen LogP contribution is -2.57. The zero-order chi connectivity index (χ0) is 21.5. The normalized spacial score (nSPS) is 18.9. The minimum atomic E-state index is -0.585. The maximum absolute atomic E-state index is 14.4. The molecule has 0 aromatic carbocycles. The largest absolute Gasteiger partial charge is 0.444 e. The Hall–Kier alpha value is -2.63. The van der Waals surface area contributed by atoms with E-state index in [4.69, 9.17) is 21.1 Å². The minimum Gasteiger partial charge on any atom is -0.444 e. The molecule has 3 aromatic heterocycles. The third-order valence-corrected chi connectivity index (χ3v) is 5.72. The molecule has 31 heavy (non-hydrogen) atoms. The lowest BCUT2D eigenvalue weighted by molar-refractivity contribution is 0.0375. The highest BCUT2D eigenvalue weighted by molar-refractivity contribution is 7.78. The molecule has 1 unspecified atom stereocenters. The number of nitrogens with one attached hydrogen (secondary N) is 1. The van der Waals surface area contributed by atoms with Gasteiger partial charge in [-0.15, -0.1) is 0 Å². The molecule has 12 heteroatoms. The Balaban J connectivity index is 1.29. The highest BCUT2D eigenvalue weighted by Crippen LogP contribution is 2.31. The van der Waals surface area contributed by atoms with Crippen molar-refractivity contribution in [3.8, 4) is 11.4 Å². The van der Waals surface area contributed by atoms with Crippen LogP contribution in [0.15, 0.2) is 24.7 Å². The SMILES string of the molecule is O=C(OC1CCOC1)N1CC(Nc2nc(-c3cn(S)c4ncc(Cl)cc34)ncc2F)C1. The van der Waals surface area contributed by atoms with Crippen LogP contribution in [0.2, 0.25) is 5.02 Å². The van der Waals surface area contributed by atoms with Crippen molar-refractivity contribution in [2.45, 2.75) is 18.6 Å². The topological polar surface area (TPSA) is 94.4 Å². The highest BCUT2D eigenvalue weighted by Gasteiger charge is 2.34. The van der Waals surface area contributed by atoms with E-state index in [0.29, 0.717) is 60.2 Å². The second kappa shape index (κ2) is 8.13. The van der Waals surface area contributed by atoms with Crippen LogP contribution >= 0.6 is 24.4 Å². The molecular formula is C19H18ClFN6O3S. The third kappa shape index (κ3) is 4.00. The quantitative estimate of drug-likeness (QED) is 0.573. The Morgan fingerprint density at radius 2 is 2.19 bits per heavy atom. The van der Waals surface area contributed by atoms with Crippen LogP contribution in [0.1, 0.15) is 6.42 Å². The summed E-state index contributed by atoms with van der Waals surface area (Å²) in [7, 11) is 0. The summed E-state index contributed by atoms with van der Waals surface area (Å²) < 4.78 is 26.5. The molecule has 0 radical (unpaired) electrons. The van der Waals surface area contributed by atoms with Gasteiger partial charge in [0, 0.05) is 42.9 Å². The Kier molecular flexibility index (Phi) is 5.32. The summed E-state index contributed by atoms with van der Waals surface area (Å²) in [5.74, 6) is -0.219. The first-order chi connectivity index (χ1) is 15.0. The number of anilines is 1. The van der Waals surface area contributed by atoms with Gasteiger partial charge in [0.2, 0.25) is 0 Å². The van der Waals surface area contributed by atoms with Crippen LogP contribution < -0.4 is 5.32 Å². The van der Waals surface area contributed by atoms with E-state index in [-0.39, 0.29) is 24.1 Å². The molecule has 0 saturated carbocycles. The second-order valence-corrected chi connectivity index (χ2v) is 8.29. The van der Waals surface area contributed by atoms with E-state index < -0.39 is 5.82 Å². The fourth-order valence-electron chi connectivity index (χ4n) is 3.58. The number of halogens is 2. The van der Waals surface area contributed by atoms with Crippen molar-refractivity contribution >= 4 is 47.4 Å². The monoisotopic (exact) mass is 464 g/mol. The summed E-state index contributed by atoms with van der Waals surface area (Å²) in [6.45, 7) is 1.81. The number of fused-ring (bicyclic) bond motifs is 1. The number of likely N-dealkylation sites (tertiary alicyclic amines) is 1. The molecule has 9 nitrogen and oxygen atoms in total. The summed E-state index contributed by atoms with van der Waals surface area (Å²) in [4.78, 5) is 26.4. The van der Waals surface area contributed by atoms with Gasteiger partial charge in [0.25, 0.3) is 0 Å². The van der Waals surface area contributed by atoms with Gasteiger partial charge in [0.05, 0.1) is 30.5 Å². The van der Waals surface area contributed by atoms with Crippen LogP contribution in [0.25, 0.3) is 22.4 Å². The van der Waals surface area contributed by atoms with Gasteiger partial charge in [0.1, 0.15) is 6.10 Å². The summed E-state index contributed by atoms with van der Waals surface area (Å²) >= 11 is 10.4. The molecule has 2 saturated heterocycles. The number of hydrogen-bond donors (Lipinski definition) is 2. The average molecular weight is 465 g/mol. The number of nitrogens with zero attached hydrogens (tertiary/aromatic N) is 5. The molecule has 162 valence electrons. The van der Waals surface area contributed by atoms with Crippen LogP contribution in [0.5, 0.6) is 0 Å². The van der Waals surface area contributed by atoms with Crippen molar-refractivity contribution in [3.05, 3.63) is 35.5 Å². The van der Waals surface area contributed by atoms with Gasteiger partial charge in [-0.2, -0.15) is 0 Å². The van der Waals surface area contributed by atoms with Crippen LogP contribution in [0.4, 0.5) is 15.0 Å². The predicted octanol–water partition coefficient (Wildman–Crippen LogP) is 3.00. The van der Waals surface area contributed by atoms with Crippen molar-refractivity contribution in [2.24, 2.45) is 0 Å². The summed E-state index contributed by atoms with van der Waals surface area (Å²) in [5.41, 5.74) is 1.21. The van der Waals surface area contributed by atoms with Crippen LogP contribution in [-0.2, 0) is 9.47 Å². The van der Waals surface area contributed by atoms with Gasteiger partial charge in [-0.1, -0.05) is 24.4 Å². The van der Waals surface area contributed by atoms with Gasteiger partial charge >= 0.3 is 6.09 Å². The fourth-order valence-corrected chi connectivity index (χ4v) is 4.01. The number of hydrogen-bond acceptors (Lipinski definition) is 8. The second-order valence-electron chi connectivity index (χ2n) is 7.42. The van der Waals surface area contributed by atoms with Crippen molar-refractivity contribution < 1.29 is 18.7 Å². The van der Waals surface area contributed by atoms with E-state index in [1.54, 1.807) is 17.2 Å². The van der Waals surface area contributed by atoms with Crippen molar-refractivity contribution in [1.29, 1.82) is 0 Å². The maximum Gasteiger partial charge on any atom is 0.410 e. The lowest BCUT2D eigenvalue weighted by Gasteiger charge is -2.39. The number of ether oxygens (including phenoxy) is 2. The lowest BCUT2D eigenvalue weighted by atomic mass is 10.1. The number of carbonyl (C=O) groups is 1. The molecule has 5 heterocycles. The first-order valence-corrected chi connectivity index (χ1v) is 10.4. The number of thiol groups is 1. The van der Waals surface area contributed by atoms with E-state index >= 15 is 0 Å². The fraction of sp³-hybridized carbons (Fsp3) is 0.368. The van der Waals surface area contributed by atoms with E-state index in [1.807, 2.05) is 0 Å². The predicted molar refractivity (Wildman–Crippen MR) is 115 cm³/mol. The zero-order valence-electron chi connectivity index (χ0n) is 16.2. The number of rotatable bonds is 4. The molecule has 1 N–H and O–H groups in total. The first kappa shape index (κ1) is 20.3. The van der Waals surface area contributed by atoms with Crippen LogP contribution in [0.3, 0.4) is 0 Å². The number of amides is 1. The van der Waals surface area contributed by atoms with Gasteiger partial charge in [-0.25, -0.2) is 24.1 Å². The van der Waals surface area contributed by atoms with E-state index in [1.165, 1.54) is 10.2 Å². The maximum atomic E-state index is 14.4. The standard InChI is InChI=1S/C19H18ClFN6O3S/c20-10-3-13-14(8-27(31)18(13)23-4-10)16-22-5-15(21)17(25-16)24-11-6-26(7-11)19(28)30-12-1-2-29-9-12/h3-5,8,11-12,31H,1-2,6-7,9H2,(H,22,24,25). The smallest absolute Gasteiger partial charge is 0.410 e. The van der Waals surface area contributed by atoms with Crippen LogP contribution in [0, 0.1) is 5.82 Å². The van der Waals surface area contributed by atoms with Crippen LogP contribution in [-0.4, -0.2) is 68.4 Å². The highest BCUT2D eigenvalue weighted by atomic mass is 35.5. The summed E-state index contributed by atoms with van der Waals surface area (Å²) in [5, 5.41) is 4.19. The molecule has 2 aliphatic heterocycles. The van der Waals surface area contributed by atoms with E-state index in [0.717, 1.165) is 6.20 Å². The number of aromatic nitrogens is 4. The molecule has 0 aliphatic carbocycles. The molecule has 0 spiro atoms. The Labute approximate surface area is 187 Å². The van der Waals surface area contributed by atoms with Gasteiger partial charge < -0.3 is 19.7 Å². The molecule has 3 aromatic rings. The Bertz CT molecular complexity index is 1150. The minimum absolute atomic E-state index is 0.0576. The molecular weight excluding hydrogens is 447 g/mol. The molecule has 1 amide bonds. The van der Waals surface area contributed by atoms with E-state index in [9.17, 15) is 9.18 Å². The zero-order valence-corrected chi connectivity index (χ0v) is 17.8. The summed E-state index contributed by atoms with van der Waals surface area (Å²) in [6.07, 6.45) is 4.45. The molecule has 5 rings (SSSR count).